The van der Waals surface area contributed by atoms with Crippen LogP contribution in [0.2, 0.25) is 0 Å². The van der Waals surface area contributed by atoms with Gasteiger partial charge in [-0.1, -0.05) is 30.4 Å². The first-order chi connectivity index (χ1) is 22.0. The van der Waals surface area contributed by atoms with E-state index in [1.165, 1.54) is 18.2 Å². The molecule has 1 fully saturated rings. The van der Waals surface area contributed by atoms with Crippen LogP contribution in [0, 0.1) is 11.8 Å². The molecule has 0 aliphatic heterocycles. The Morgan fingerprint density at radius 2 is 1.83 bits per heavy atom. The fraction of sp³-hybridized carbons (Fsp3) is 0.594. The van der Waals surface area contributed by atoms with Crippen molar-refractivity contribution < 1.29 is 52.7 Å². The van der Waals surface area contributed by atoms with Crippen LogP contribution in [0.15, 0.2) is 53.6 Å². The van der Waals surface area contributed by atoms with E-state index in [2.05, 4.69) is 4.99 Å². The Balaban J connectivity index is 0.000000779. The summed E-state index contributed by atoms with van der Waals surface area (Å²) in [6.45, 7) is 3.76. The van der Waals surface area contributed by atoms with E-state index < -0.39 is 42.1 Å². The maximum atomic E-state index is 12.8. The van der Waals surface area contributed by atoms with E-state index in [1.807, 2.05) is 12.2 Å². The number of ether oxygens (including phenoxy) is 2. The number of nitrogens with two attached hydrogens (primary N) is 3. The number of aliphatic hydroxyl groups excluding tert-OH is 3. The number of hydrogen-bond acceptors (Lipinski definition) is 9. The number of rotatable bonds is 17. The minimum atomic E-state index is -4.49. The van der Waals surface area contributed by atoms with Crippen LogP contribution in [0.5, 0.6) is 5.75 Å². The molecule has 1 aliphatic rings. The predicted molar refractivity (Wildman–Crippen MR) is 170 cm³/mol. The molecule has 6 atom stereocenters. The first-order valence-corrected chi connectivity index (χ1v) is 15.4. The van der Waals surface area contributed by atoms with Crippen LogP contribution in [0.1, 0.15) is 64.4 Å². The molecule has 0 radical (unpaired) electrons. The predicted octanol–water partition coefficient (Wildman–Crippen LogP) is 2.88. The minimum Gasteiger partial charge on any atom is -0.491 e. The molecule has 15 heteroatoms. The third kappa shape index (κ3) is 17.7. The van der Waals surface area contributed by atoms with Crippen molar-refractivity contribution in [1.29, 1.82) is 0 Å². The van der Waals surface area contributed by atoms with E-state index in [0.29, 0.717) is 45.1 Å². The second-order valence-corrected chi connectivity index (χ2v) is 11.4. The van der Waals surface area contributed by atoms with Crippen molar-refractivity contribution in [3.63, 3.8) is 0 Å². The maximum Gasteiger partial charge on any atom is 0.416 e. The van der Waals surface area contributed by atoms with Gasteiger partial charge in [0.1, 0.15) is 24.5 Å². The van der Waals surface area contributed by atoms with Crippen LogP contribution in [0.4, 0.5) is 13.2 Å². The van der Waals surface area contributed by atoms with Crippen LogP contribution >= 0.6 is 0 Å². The number of carbonyl (C=O) groups excluding carboxylic acids is 1. The summed E-state index contributed by atoms with van der Waals surface area (Å²) in [5.74, 6) is -1.87. The van der Waals surface area contributed by atoms with Crippen molar-refractivity contribution in [2.45, 2.75) is 95.4 Å². The number of nitrogens with zero attached hydrogens (tertiary/aromatic N) is 1. The lowest BCUT2D eigenvalue weighted by atomic mass is 9.89. The summed E-state index contributed by atoms with van der Waals surface area (Å²) < 4.78 is 48.8. The summed E-state index contributed by atoms with van der Waals surface area (Å²) in [5.41, 5.74) is 14.5. The minimum absolute atomic E-state index is 0.0101. The number of allylic oxidation sites excluding steroid dienone is 2. The normalized spacial score (nSPS) is 20.9. The number of aliphatic carboxylic acids is 1. The Hall–Kier alpha value is -3.66. The van der Waals surface area contributed by atoms with Gasteiger partial charge in [-0.05, 0) is 70.1 Å². The second-order valence-electron chi connectivity index (χ2n) is 11.4. The lowest BCUT2D eigenvalue weighted by Crippen LogP contribution is -2.30. The highest BCUT2D eigenvalue weighted by molar-refractivity contribution is 5.75. The Kier molecular flexibility index (Phi) is 18.7. The molecule has 0 bridgehead atoms. The zero-order chi connectivity index (χ0) is 35.6. The van der Waals surface area contributed by atoms with E-state index in [4.69, 9.17) is 31.8 Å². The molecule has 266 valence electrons. The number of alkyl halides is 3. The van der Waals surface area contributed by atoms with Gasteiger partial charge in [-0.2, -0.15) is 13.2 Å². The van der Waals surface area contributed by atoms with Gasteiger partial charge in [0.25, 0.3) is 0 Å². The van der Waals surface area contributed by atoms with Crippen LogP contribution < -0.4 is 21.9 Å². The average molecular weight is 675 g/mol. The number of aliphatic hydroxyl groups is 3. The van der Waals surface area contributed by atoms with Crippen LogP contribution in [-0.2, 0) is 20.5 Å². The fourth-order valence-electron chi connectivity index (χ4n) is 4.66. The summed E-state index contributed by atoms with van der Waals surface area (Å²) in [7, 11) is 0. The van der Waals surface area contributed by atoms with Gasteiger partial charge in [0.15, 0.2) is 5.96 Å². The molecule has 1 aromatic rings. The van der Waals surface area contributed by atoms with E-state index in [1.54, 1.807) is 19.9 Å². The van der Waals surface area contributed by atoms with Gasteiger partial charge in [-0.25, -0.2) is 0 Å². The van der Waals surface area contributed by atoms with Crippen LogP contribution in [-0.4, -0.2) is 81.9 Å². The lowest BCUT2D eigenvalue weighted by Gasteiger charge is -2.19. The Labute approximate surface area is 273 Å². The molecule has 10 N–H and O–H groups in total. The number of guanidine groups is 1. The van der Waals surface area contributed by atoms with Gasteiger partial charge < -0.3 is 47.1 Å². The van der Waals surface area contributed by atoms with Crippen molar-refractivity contribution >= 4 is 17.9 Å². The molecule has 0 aromatic heterocycles. The van der Waals surface area contributed by atoms with E-state index in [9.17, 15) is 38.1 Å². The van der Waals surface area contributed by atoms with E-state index in [0.717, 1.165) is 12.1 Å². The fourth-order valence-corrected chi connectivity index (χ4v) is 4.66. The molecule has 12 nitrogen and oxygen atoms in total. The third-order valence-electron chi connectivity index (χ3n) is 7.03. The SMILES string of the molecule is CC(C)OC(=O)CCC/C=C\C[C@@H]1[C@@H](/C=C/[C@@H](O)COc2cccc(C(F)(F)F)c2)[C@H](O)C[C@@H]1O.NC(N)=NCCC[C@H](N)C(=O)O. The molecule has 1 aliphatic carbocycles. The highest BCUT2D eigenvalue weighted by Gasteiger charge is 2.39. The monoisotopic (exact) mass is 674 g/mol. The van der Waals surface area contributed by atoms with Crippen molar-refractivity contribution in [1.82, 2.24) is 0 Å². The summed E-state index contributed by atoms with van der Waals surface area (Å²) in [4.78, 5) is 25.4. The molecule has 0 unspecified atom stereocenters. The number of carboxylic acid groups (broad SMARTS) is 1. The van der Waals surface area contributed by atoms with E-state index in [-0.39, 0.29) is 48.6 Å². The van der Waals surface area contributed by atoms with Crippen LogP contribution in [0.25, 0.3) is 0 Å². The molecule has 0 spiro atoms. The topological polar surface area (TPSA) is 224 Å². The summed E-state index contributed by atoms with van der Waals surface area (Å²) in [6.07, 6.45) is 3.04. The third-order valence-corrected chi connectivity index (χ3v) is 7.03. The highest BCUT2D eigenvalue weighted by atomic mass is 19.4. The first kappa shape index (κ1) is 41.4. The number of esters is 1. The van der Waals surface area contributed by atoms with Gasteiger partial charge >= 0.3 is 18.1 Å². The molecule has 47 heavy (non-hydrogen) atoms. The molecule has 2 rings (SSSR count). The highest BCUT2D eigenvalue weighted by Crippen LogP contribution is 2.36. The van der Waals surface area contributed by atoms with E-state index >= 15 is 0 Å². The number of benzene rings is 1. The summed E-state index contributed by atoms with van der Waals surface area (Å²) in [6, 6.07) is 3.58. The maximum absolute atomic E-state index is 12.8. The molecular weight excluding hydrogens is 625 g/mol. The van der Waals surface area contributed by atoms with Gasteiger partial charge in [-0.3, -0.25) is 14.6 Å². The Morgan fingerprint density at radius 3 is 2.45 bits per heavy atom. The lowest BCUT2D eigenvalue weighted by molar-refractivity contribution is -0.147. The molecular formula is C32H49F3N4O8. The van der Waals surface area contributed by atoms with Gasteiger partial charge in [0.2, 0.25) is 0 Å². The Morgan fingerprint density at radius 1 is 1.13 bits per heavy atom. The number of carbonyl (C=O) groups is 2. The molecule has 1 saturated carbocycles. The van der Waals surface area contributed by atoms with Crippen molar-refractivity contribution in [3.05, 3.63) is 54.1 Å². The Bertz CT molecular complexity index is 1180. The number of halogens is 3. The van der Waals surface area contributed by atoms with Crippen LogP contribution in [0.3, 0.4) is 0 Å². The largest absolute Gasteiger partial charge is 0.491 e. The zero-order valence-electron chi connectivity index (χ0n) is 26.8. The van der Waals surface area contributed by atoms with Gasteiger partial charge in [0.05, 0.1) is 23.9 Å². The van der Waals surface area contributed by atoms with Crippen molar-refractivity contribution in [2.24, 2.45) is 34.0 Å². The molecule has 0 amide bonds. The number of aliphatic imine (C=N–C) groups is 1. The molecule has 0 heterocycles. The zero-order valence-corrected chi connectivity index (χ0v) is 26.8. The standard InChI is InChI=1S/C26H35F3O6.C6H14N4O2/c1-17(2)35-25(33)11-6-4-3-5-10-21-22(24(32)15-23(21)31)13-12-19(30)16-34-20-9-7-8-18(14-20)26(27,28)29;7-4(5(11)12)2-1-3-10-6(8)9/h3,5,7-9,12-14,17,19,21-24,30-32H,4,6,10-11,15-16H2,1-2H3;4H,1-3,7H2,(H,11,12)(H4,8,9,10)/b5-3-,13-12+;/t19-,21-,22-,23+,24-;4-/m10/s1. The second kappa shape index (κ2) is 21.3. The smallest absolute Gasteiger partial charge is 0.416 e. The van der Waals surface area contributed by atoms with Crippen molar-refractivity contribution in [3.8, 4) is 5.75 Å². The molecule has 1 aromatic carbocycles. The first-order valence-electron chi connectivity index (χ1n) is 15.4. The number of unbranched alkanes of at least 4 members (excludes halogenated alkanes) is 1. The summed E-state index contributed by atoms with van der Waals surface area (Å²) >= 11 is 0. The van der Waals surface area contributed by atoms with Crippen molar-refractivity contribution in [2.75, 3.05) is 13.2 Å². The average Bonchev–Trinajstić information content (AvgIpc) is 3.25. The quantitative estimate of drug-likeness (QED) is 0.0418. The number of hydrogen-bond donors (Lipinski definition) is 7. The van der Waals surface area contributed by atoms with Gasteiger partial charge in [0, 0.05) is 25.3 Å². The number of carboxylic acids is 1. The van der Waals surface area contributed by atoms with Gasteiger partial charge in [-0.15, -0.1) is 0 Å². The molecule has 0 saturated heterocycles. The summed E-state index contributed by atoms with van der Waals surface area (Å²) in [5, 5.41) is 39.2.